The highest BCUT2D eigenvalue weighted by Gasteiger charge is 2.42. The second kappa shape index (κ2) is 9.66. The Morgan fingerprint density at radius 1 is 1.10 bits per heavy atom. The predicted octanol–water partition coefficient (Wildman–Crippen LogP) is 5.68. The van der Waals surface area contributed by atoms with Gasteiger partial charge < -0.3 is 15.3 Å². The molecule has 0 aromatic carbocycles. The zero-order chi connectivity index (χ0) is 21.1. The molecule has 3 saturated carbocycles. The molecule has 0 aromatic rings. The Hall–Kier alpha value is -0.640. The fraction of sp³-hybridized carbons (Fsp3) is 0.846. The number of rotatable bonds is 6. The third-order valence-electron chi connectivity index (χ3n) is 7.90. The molecule has 3 aliphatic rings. The number of aliphatic hydroxyl groups is 3. The molecule has 0 aromatic heterocycles. The number of aliphatic hydroxyl groups excluding tert-OH is 2. The van der Waals surface area contributed by atoms with Crippen LogP contribution in [0.5, 0.6) is 0 Å². The normalized spacial score (nSPS) is 37.5. The van der Waals surface area contributed by atoms with Gasteiger partial charge in [-0.2, -0.15) is 0 Å². The van der Waals surface area contributed by atoms with Crippen molar-refractivity contribution in [1.82, 2.24) is 0 Å². The first-order valence-corrected chi connectivity index (χ1v) is 12.1. The van der Waals surface area contributed by atoms with Gasteiger partial charge in [-0.05, 0) is 102 Å². The maximum atomic E-state index is 9.96. The molecule has 0 saturated heterocycles. The Labute approximate surface area is 178 Å². The summed E-state index contributed by atoms with van der Waals surface area (Å²) in [5, 5.41) is 29.8. The van der Waals surface area contributed by atoms with E-state index in [2.05, 4.69) is 19.1 Å². The van der Waals surface area contributed by atoms with Crippen LogP contribution in [-0.2, 0) is 0 Å². The van der Waals surface area contributed by atoms with Crippen molar-refractivity contribution in [3.63, 3.8) is 0 Å². The summed E-state index contributed by atoms with van der Waals surface area (Å²) in [4.78, 5) is 0. The maximum Gasteiger partial charge on any atom is 0.0602 e. The summed E-state index contributed by atoms with van der Waals surface area (Å²) in [5.41, 5.74) is 2.77. The number of hydrogen-bond donors (Lipinski definition) is 3. The summed E-state index contributed by atoms with van der Waals surface area (Å²) in [7, 11) is 0. The molecule has 166 valence electrons. The van der Waals surface area contributed by atoms with Crippen LogP contribution < -0.4 is 0 Å². The van der Waals surface area contributed by atoms with Crippen molar-refractivity contribution >= 4 is 0 Å². The summed E-state index contributed by atoms with van der Waals surface area (Å²) in [6.07, 6.45) is 18.3. The molecule has 3 aliphatic carbocycles. The van der Waals surface area contributed by atoms with Crippen molar-refractivity contribution in [2.24, 2.45) is 17.3 Å². The smallest absolute Gasteiger partial charge is 0.0602 e. The first kappa shape index (κ1) is 23.0. The summed E-state index contributed by atoms with van der Waals surface area (Å²) < 4.78 is 0. The van der Waals surface area contributed by atoms with Crippen LogP contribution in [0.25, 0.3) is 0 Å². The summed E-state index contributed by atoms with van der Waals surface area (Å²) in [6.45, 7) is 6.27. The Bertz CT molecular complexity index is 588. The quantitative estimate of drug-likeness (QED) is 0.533. The van der Waals surface area contributed by atoms with Crippen LogP contribution in [0.3, 0.4) is 0 Å². The molecule has 0 bridgehead atoms. The van der Waals surface area contributed by atoms with Gasteiger partial charge in [0.15, 0.2) is 0 Å². The molecule has 3 fully saturated rings. The monoisotopic (exact) mass is 404 g/mol. The van der Waals surface area contributed by atoms with Crippen LogP contribution in [0.1, 0.15) is 104 Å². The first-order valence-electron chi connectivity index (χ1n) is 12.1. The van der Waals surface area contributed by atoms with Crippen molar-refractivity contribution < 1.29 is 15.3 Å². The van der Waals surface area contributed by atoms with E-state index in [1.165, 1.54) is 56.9 Å². The largest absolute Gasteiger partial charge is 0.393 e. The molecule has 1 spiro atoms. The van der Waals surface area contributed by atoms with Gasteiger partial charge in [0, 0.05) is 0 Å². The molecular formula is C26H44O3. The molecule has 29 heavy (non-hydrogen) atoms. The molecule has 5 atom stereocenters. The van der Waals surface area contributed by atoms with Crippen molar-refractivity contribution in [1.29, 1.82) is 0 Å². The Balaban J connectivity index is 1.53. The van der Waals surface area contributed by atoms with E-state index in [9.17, 15) is 15.3 Å². The maximum absolute atomic E-state index is 9.96. The molecule has 3 heteroatoms. The highest BCUT2D eigenvalue weighted by Crippen LogP contribution is 2.54. The van der Waals surface area contributed by atoms with Crippen LogP contribution >= 0.6 is 0 Å². The second-order valence-electron chi connectivity index (χ2n) is 11.3. The van der Waals surface area contributed by atoms with Gasteiger partial charge in [0.05, 0.1) is 17.8 Å². The third kappa shape index (κ3) is 6.94. The first-order chi connectivity index (χ1) is 13.6. The predicted molar refractivity (Wildman–Crippen MR) is 120 cm³/mol. The Morgan fingerprint density at radius 3 is 2.48 bits per heavy atom. The minimum absolute atomic E-state index is 0.380. The molecule has 0 heterocycles. The van der Waals surface area contributed by atoms with Gasteiger partial charge >= 0.3 is 0 Å². The molecule has 0 aliphatic heterocycles. The molecule has 3 rings (SSSR count). The highest BCUT2D eigenvalue weighted by molar-refractivity contribution is 5.22. The minimum atomic E-state index is -0.529. The van der Waals surface area contributed by atoms with Gasteiger partial charge in [-0.3, -0.25) is 0 Å². The topological polar surface area (TPSA) is 60.7 Å². The van der Waals surface area contributed by atoms with Gasteiger partial charge in [-0.25, -0.2) is 0 Å². The Morgan fingerprint density at radius 2 is 1.79 bits per heavy atom. The fourth-order valence-electron chi connectivity index (χ4n) is 6.25. The summed E-state index contributed by atoms with van der Waals surface area (Å²) in [5.74, 6) is 1.61. The molecule has 1 unspecified atom stereocenters. The lowest BCUT2D eigenvalue weighted by atomic mass is 9.69. The van der Waals surface area contributed by atoms with E-state index in [4.69, 9.17) is 0 Å². The second-order valence-corrected chi connectivity index (χ2v) is 11.3. The fourth-order valence-corrected chi connectivity index (χ4v) is 6.25. The van der Waals surface area contributed by atoms with E-state index in [1.807, 2.05) is 13.8 Å². The van der Waals surface area contributed by atoms with Gasteiger partial charge in [0.2, 0.25) is 0 Å². The van der Waals surface area contributed by atoms with Gasteiger partial charge in [-0.15, -0.1) is 0 Å². The molecule has 0 radical (unpaired) electrons. The van der Waals surface area contributed by atoms with E-state index in [-0.39, 0.29) is 12.2 Å². The minimum Gasteiger partial charge on any atom is -0.393 e. The van der Waals surface area contributed by atoms with Crippen molar-refractivity contribution in [3.8, 4) is 0 Å². The van der Waals surface area contributed by atoms with Crippen molar-refractivity contribution in [2.45, 2.75) is 122 Å². The SMILES string of the molecule is CC(CCCC(C)(C)O)[C@@H]1CC[C@@]2(CCC/C(=C\C=C3C[C@@H](O)C[C@@H](O)C3)C2)C1. The Kier molecular flexibility index (Phi) is 7.67. The summed E-state index contributed by atoms with van der Waals surface area (Å²) >= 11 is 0. The van der Waals surface area contributed by atoms with E-state index in [1.54, 1.807) is 5.57 Å². The van der Waals surface area contributed by atoms with E-state index < -0.39 is 5.60 Å². The van der Waals surface area contributed by atoms with E-state index >= 15 is 0 Å². The van der Waals surface area contributed by atoms with Gasteiger partial charge in [-0.1, -0.05) is 43.1 Å². The van der Waals surface area contributed by atoms with Gasteiger partial charge in [0.1, 0.15) is 0 Å². The van der Waals surface area contributed by atoms with Crippen LogP contribution in [0.4, 0.5) is 0 Å². The average Bonchev–Trinajstić information content (AvgIpc) is 3.01. The van der Waals surface area contributed by atoms with Gasteiger partial charge in [0.25, 0.3) is 0 Å². The number of hydrogen-bond acceptors (Lipinski definition) is 3. The lowest BCUT2D eigenvalue weighted by molar-refractivity contribution is 0.0609. The average molecular weight is 405 g/mol. The van der Waals surface area contributed by atoms with Crippen LogP contribution in [0.2, 0.25) is 0 Å². The standard InChI is InChI=1S/C26H44O3/c1-19(6-4-11-25(2,3)29)22-10-13-26(18-22)12-5-7-20(17-26)8-9-21-14-23(27)16-24(28)15-21/h8-9,19,22-24,27-29H,4-7,10-18H2,1-3H3/b20-8+,21-9?/t19?,22-,23-,24+,26-/m1/s1. The highest BCUT2D eigenvalue weighted by atomic mass is 16.3. The van der Waals surface area contributed by atoms with Crippen molar-refractivity contribution in [2.75, 3.05) is 0 Å². The zero-order valence-electron chi connectivity index (χ0n) is 19.0. The zero-order valence-corrected chi connectivity index (χ0v) is 19.0. The molecule has 3 nitrogen and oxygen atoms in total. The van der Waals surface area contributed by atoms with E-state index in [0.717, 1.165) is 37.5 Å². The molecule has 3 N–H and O–H groups in total. The van der Waals surface area contributed by atoms with Crippen LogP contribution in [-0.4, -0.2) is 33.1 Å². The lowest BCUT2D eigenvalue weighted by Crippen LogP contribution is -2.25. The van der Waals surface area contributed by atoms with Crippen molar-refractivity contribution in [3.05, 3.63) is 23.3 Å². The molecule has 0 amide bonds. The van der Waals surface area contributed by atoms with Crippen LogP contribution in [0.15, 0.2) is 23.3 Å². The molecular weight excluding hydrogens is 360 g/mol. The third-order valence-corrected chi connectivity index (χ3v) is 7.90. The van der Waals surface area contributed by atoms with Crippen LogP contribution in [0, 0.1) is 17.3 Å². The summed E-state index contributed by atoms with van der Waals surface area (Å²) in [6, 6.07) is 0. The van der Waals surface area contributed by atoms with E-state index in [0.29, 0.717) is 11.8 Å². The number of allylic oxidation sites excluding steroid dienone is 3. The lowest BCUT2D eigenvalue weighted by Gasteiger charge is -2.36.